The third kappa shape index (κ3) is 6.57. The largest absolute Gasteiger partial charge is 0.494 e. The van der Waals surface area contributed by atoms with Crippen LogP contribution in [-0.4, -0.2) is 24.1 Å². The molecule has 32 heavy (non-hydrogen) atoms. The van der Waals surface area contributed by atoms with Crippen LogP contribution in [0.5, 0.6) is 11.5 Å². The van der Waals surface area contributed by atoms with Crippen LogP contribution < -0.4 is 14.8 Å². The molecule has 1 amide bonds. The topological polar surface area (TPSA) is 60.5 Å². The Kier molecular flexibility index (Phi) is 8.28. The van der Waals surface area contributed by atoms with Gasteiger partial charge in [-0.05, 0) is 67.1 Å². The zero-order valence-corrected chi connectivity index (χ0v) is 20.1. The van der Waals surface area contributed by atoms with Gasteiger partial charge in [-0.15, -0.1) is 11.3 Å². The third-order valence-electron chi connectivity index (χ3n) is 5.55. The highest BCUT2D eigenvalue weighted by Gasteiger charge is 2.17. The Morgan fingerprint density at radius 1 is 1.00 bits per heavy atom. The molecule has 0 unspecified atom stereocenters. The SMILES string of the molecule is CCOc1ccc(-c2csc(NC(=O)CCCOc3ccc(C(C)(C)CC)cc3)n2)cc1. The number of carbonyl (C=O) groups excluding carboxylic acids is 1. The number of hydrogen-bond acceptors (Lipinski definition) is 5. The van der Waals surface area contributed by atoms with Crippen molar-refractivity contribution in [3.05, 3.63) is 59.5 Å². The summed E-state index contributed by atoms with van der Waals surface area (Å²) in [6.07, 6.45) is 2.12. The van der Waals surface area contributed by atoms with E-state index in [0.29, 0.717) is 31.2 Å². The van der Waals surface area contributed by atoms with E-state index < -0.39 is 0 Å². The Balaban J connectivity index is 1.42. The van der Waals surface area contributed by atoms with Gasteiger partial charge in [0.25, 0.3) is 0 Å². The number of nitrogens with zero attached hydrogens (tertiary/aromatic N) is 1. The number of thiazole rings is 1. The molecule has 2 aromatic carbocycles. The summed E-state index contributed by atoms with van der Waals surface area (Å²) in [5.74, 6) is 1.62. The van der Waals surface area contributed by atoms with Crippen molar-refractivity contribution >= 4 is 22.4 Å². The van der Waals surface area contributed by atoms with Crippen molar-refractivity contribution in [3.8, 4) is 22.8 Å². The van der Waals surface area contributed by atoms with Gasteiger partial charge in [0, 0.05) is 17.4 Å². The zero-order chi connectivity index (χ0) is 23.0. The zero-order valence-electron chi connectivity index (χ0n) is 19.3. The highest BCUT2D eigenvalue weighted by molar-refractivity contribution is 7.14. The number of rotatable bonds is 11. The molecule has 3 rings (SSSR count). The standard InChI is InChI=1S/C26H32N2O3S/c1-5-26(3,4)20-11-15-22(16-12-20)31-17-7-8-24(29)28-25-27-23(18-32-25)19-9-13-21(14-10-19)30-6-2/h9-16,18H,5-8,17H2,1-4H3,(H,27,28,29). The molecule has 0 fully saturated rings. The van der Waals surface area contributed by atoms with E-state index in [-0.39, 0.29) is 11.3 Å². The molecule has 0 aliphatic heterocycles. The predicted molar refractivity (Wildman–Crippen MR) is 132 cm³/mol. The predicted octanol–water partition coefficient (Wildman–Crippen LogP) is 6.69. The van der Waals surface area contributed by atoms with E-state index >= 15 is 0 Å². The molecule has 0 bridgehead atoms. The number of ether oxygens (including phenoxy) is 2. The fourth-order valence-electron chi connectivity index (χ4n) is 3.16. The Morgan fingerprint density at radius 2 is 1.66 bits per heavy atom. The summed E-state index contributed by atoms with van der Waals surface area (Å²) < 4.78 is 11.3. The van der Waals surface area contributed by atoms with Crippen molar-refractivity contribution < 1.29 is 14.3 Å². The average Bonchev–Trinajstić information content (AvgIpc) is 3.26. The van der Waals surface area contributed by atoms with Gasteiger partial charge in [-0.25, -0.2) is 4.98 Å². The minimum Gasteiger partial charge on any atom is -0.494 e. The van der Waals surface area contributed by atoms with Gasteiger partial charge in [0.2, 0.25) is 5.91 Å². The lowest BCUT2D eigenvalue weighted by Gasteiger charge is -2.23. The van der Waals surface area contributed by atoms with Crippen molar-refractivity contribution in [1.29, 1.82) is 0 Å². The molecular weight excluding hydrogens is 420 g/mol. The van der Waals surface area contributed by atoms with E-state index in [9.17, 15) is 4.79 Å². The molecule has 3 aromatic rings. The van der Waals surface area contributed by atoms with Crippen LogP contribution in [0.4, 0.5) is 5.13 Å². The number of hydrogen-bond donors (Lipinski definition) is 1. The lowest BCUT2D eigenvalue weighted by molar-refractivity contribution is -0.116. The Bertz CT molecular complexity index is 995. The molecular formula is C26H32N2O3S. The first-order valence-electron chi connectivity index (χ1n) is 11.1. The molecule has 1 aromatic heterocycles. The Morgan fingerprint density at radius 3 is 2.31 bits per heavy atom. The first-order valence-corrected chi connectivity index (χ1v) is 12.0. The molecule has 0 saturated carbocycles. The summed E-state index contributed by atoms with van der Waals surface area (Å²) in [7, 11) is 0. The van der Waals surface area contributed by atoms with E-state index in [1.165, 1.54) is 16.9 Å². The van der Waals surface area contributed by atoms with E-state index in [4.69, 9.17) is 9.47 Å². The van der Waals surface area contributed by atoms with Gasteiger partial charge in [-0.2, -0.15) is 0 Å². The second-order valence-electron chi connectivity index (χ2n) is 8.26. The van der Waals surface area contributed by atoms with Gasteiger partial charge < -0.3 is 14.8 Å². The van der Waals surface area contributed by atoms with Crippen LogP contribution in [0.15, 0.2) is 53.9 Å². The van der Waals surface area contributed by atoms with Gasteiger partial charge in [0.1, 0.15) is 11.5 Å². The van der Waals surface area contributed by atoms with Crippen LogP contribution in [0.25, 0.3) is 11.3 Å². The Labute approximate surface area is 194 Å². The number of amides is 1. The number of carbonyl (C=O) groups is 1. The van der Waals surface area contributed by atoms with Crippen LogP contribution in [0.2, 0.25) is 0 Å². The van der Waals surface area contributed by atoms with Crippen molar-refractivity contribution in [3.63, 3.8) is 0 Å². The monoisotopic (exact) mass is 452 g/mol. The quantitative estimate of drug-likeness (QED) is 0.329. The number of benzene rings is 2. The molecule has 1 heterocycles. The average molecular weight is 453 g/mol. The van der Waals surface area contributed by atoms with Gasteiger partial charge in [-0.3, -0.25) is 4.79 Å². The van der Waals surface area contributed by atoms with Crippen LogP contribution in [-0.2, 0) is 10.2 Å². The second kappa shape index (κ2) is 11.1. The van der Waals surface area contributed by atoms with Crippen LogP contribution in [0.3, 0.4) is 0 Å². The second-order valence-corrected chi connectivity index (χ2v) is 9.12. The lowest BCUT2D eigenvalue weighted by atomic mass is 9.82. The first kappa shape index (κ1) is 23.8. The normalized spacial score (nSPS) is 11.2. The highest BCUT2D eigenvalue weighted by atomic mass is 32.1. The maximum atomic E-state index is 12.3. The molecule has 0 spiro atoms. The third-order valence-corrected chi connectivity index (χ3v) is 6.31. The van der Waals surface area contributed by atoms with Crippen molar-refractivity contribution in [1.82, 2.24) is 4.98 Å². The summed E-state index contributed by atoms with van der Waals surface area (Å²) in [6.45, 7) is 9.78. The highest BCUT2D eigenvalue weighted by Crippen LogP contribution is 2.28. The maximum Gasteiger partial charge on any atom is 0.226 e. The fourth-order valence-corrected chi connectivity index (χ4v) is 3.90. The van der Waals surface area contributed by atoms with Gasteiger partial charge >= 0.3 is 0 Å². The number of aromatic nitrogens is 1. The maximum absolute atomic E-state index is 12.3. The fraction of sp³-hybridized carbons (Fsp3) is 0.385. The minimum absolute atomic E-state index is 0.0544. The lowest BCUT2D eigenvalue weighted by Crippen LogP contribution is -2.15. The molecule has 5 nitrogen and oxygen atoms in total. The molecule has 1 N–H and O–H groups in total. The first-order chi connectivity index (χ1) is 15.4. The van der Waals surface area contributed by atoms with E-state index in [1.807, 2.05) is 48.7 Å². The molecule has 0 aliphatic carbocycles. The number of anilines is 1. The van der Waals surface area contributed by atoms with Gasteiger partial charge in [-0.1, -0.05) is 32.9 Å². The summed E-state index contributed by atoms with van der Waals surface area (Å²) in [5.41, 5.74) is 3.30. The Hall–Kier alpha value is -2.86. The van der Waals surface area contributed by atoms with E-state index in [0.717, 1.165) is 29.2 Å². The summed E-state index contributed by atoms with van der Waals surface area (Å²) in [5, 5.41) is 5.43. The molecule has 0 saturated heterocycles. The molecule has 0 atom stereocenters. The molecule has 6 heteroatoms. The van der Waals surface area contributed by atoms with E-state index in [2.05, 4.69) is 43.2 Å². The van der Waals surface area contributed by atoms with Crippen LogP contribution >= 0.6 is 11.3 Å². The van der Waals surface area contributed by atoms with E-state index in [1.54, 1.807) is 0 Å². The molecule has 170 valence electrons. The minimum atomic E-state index is -0.0544. The van der Waals surface area contributed by atoms with Crippen LogP contribution in [0, 0.1) is 0 Å². The van der Waals surface area contributed by atoms with Crippen molar-refractivity contribution in [2.24, 2.45) is 0 Å². The van der Waals surface area contributed by atoms with Gasteiger partial charge in [0.05, 0.1) is 18.9 Å². The summed E-state index contributed by atoms with van der Waals surface area (Å²) in [4.78, 5) is 16.8. The van der Waals surface area contributed by atoms with Crippen molar-refractivity contribution in [2.75, 3.05) is 18.5 Å². The molecule has 0 radical (unpaired) electrons. The summed E-state index contributed by atoms with van der Waals surface area (Å²) >= 11 is 1.42. The number of nitrogens with one attached hydrogen (secondary N) is 1. The smallest absolute Gasteiger partial charge is 0.226 e. The molecule has 0 aliphatic rings. The summed E-state index contributed by atoms with van der Waals surface area (Å²) in [6, 6.07) is 16.0. The van der Waals surface area contributed by atoms with Crippen molar-refractivity contribution in [2.45, 2.75) is 52.4 Å². The van der Waals surface area contributed by atoms with Gasteiger partial charge in [0.15, 0.2) is 5.13 Å². The van der Waals surface area contributed by atoms with Crippen LogP contribution in [0.1, 0.15) is 52.5 Å².